The van der Waals surface area contributed by atoms with Crippen LogP contribution in [0.15, 0.2) is 42.6 Å². The van der Waals surface area contributed by atoms with Gasteiger partial charge in [0.2, 0.25) is 0 Å². The molecule has 1 aromatic heterocycles. The highest BCUT2D eigenvalue weighted by Crippen LogP contribution is 2.19. The number of aromatic nitrogens is 1. The van der Waals surface area contributed by atoms with Crippen LogP contribution in [0.3, 0.4) is 0 Å². The fourth-order valence-corrected chi connectivity index (χ4v) is 3.17. The van der Waals surface area contributed by atoms with Crippen LogP contribution in [0.1, 0.15) is 25.0 Å². The van der Waals surface area contributed by atoms with E-state index in [1.54, 1.807) is 0 Å². The number of hydrogen-bond donors (Lipinski definition) is 1. The van der Waals surface area contributed by atoms with E-state index in [2.05, 4.69) is 45.3 Å². The van der Waals surface area contributed by atoms with Crippen LogP contribution in [0.4, 0.5) is 5.82 Å². The van der Waals surface area contributed by atoms with Crippen molar-refractivity contribution < 1.29 is 4.74 Å². The predicted octanol–water partition coefficient (Wildman–Crippen LogP) is 2.91. The highest BCUT2D eigenvalue weighted by Gasteiger charge is 2.17. The molecule has 1 N–H and O–H groups in total. The Morgan fingerprint density at radius 1 is 1.04 bits per heavy atom. The van der Waals surface area contributed by atoms with Gasteiger partial charge >= 0.3 is 0 Å². The number of anilines is 1. The predicted molar refractivity (Wildman–Crippen MR) is 107 cm³/mol. The maximum atomic E-state index is 5.70. The molecule has 2 heterocycles. The minimum absolute atomic E-state index is 0.206. The van der Waals surface area contributed by atoms with E-state index in [1.807, 2.05) is 38.2 Å². The van der Waals surface area contributed by atoms with Gasteiger partial charge < -0.3 is 19.9 Å². The van der Waals surface area contributed by atoms with Crippen LogP contribution in [0.25, 0.3) is 0 Å². The molecule has 0 spiro atoms. The summed E-state index contributed by atoms with van der Waals surface area (Å²) >= 11 is 0. The standard InChI is InChI=1S/C21H30N4O/c1-17(2)26-20-8-6-18(7-9-20)15-22-16-19-5-4-10-23-21(19)25-13-11-24(3)12-14-25/h4-10,17,22H,11-16H2,1-3H3. The topological polar surface area (TPSA) is 40.6 Å². The molecule has 2 aromatic rings. The quantitative estimate of drug-likeness (QED) is 0.828. The van der Waals surface area contributed by atoms with Crippen molar-refractivity contribution in [3.05, 3.63) is 53.7 Å². The molecule has 1 aliphatic rings. The zero-order valence-electron chi connectivity index (χ0n) is 16.1. The average molecular weight is 354 g/mol. The Morgan fingerprint density at radius 3 is 2.46 bits per heavy atom. The van der Waals surface area contributed by atoms with Crippen molar-refractivity contribution in [2.45, 2.75) is 33.0 Å². The summed E-state index contributed by atoms with van der Waals surface area (Å²) in [4.78, 5) is 9.41. The number of pyridine rings is 1. The summed E-state index contributed by atoms with van der Waals surface area (Å²) in [5.41, 5.74) is 2.52. The highest BCUT2D eigenvalue weighted by atomic mass is 16.5. The van der Waals surface area contributed by atoms with Gasteiger partial charge in [-0.2, -0.15) is 0 Å². The maximum Gasteiger partial charge on any atom is 0.133 e. The van der Waals surface area contributed by atoms with Gasteiger partial charge in [-0.25, -0.2) is 4.98 Å². The van der Waals surface area contributed by atoms with E-state index in [0.29, 0.717) is 0 Å². The lowest BCUT2D eigenvalue weighted by molar-refractivity contribution is 0.242. The van der Waals surface area contributed by atoms with Crippen molar-refractivity contribution in [1.29, 1.82) is 0 Å². The van der Waals surface area contributed by atoms with Gasteiger partial charge in [0.05, 0.1) is 6.10 Å². The molecule has 3 rings (SSSR count). The smallest absolute Gasteiger partial charge is 0.133 e. The Labute approximate surface area is 157 Å². The lowest BCUT2D eigenvalue weighted by Crippen LogP contribution is -2.45. The molecule has 0 radical (unpaired) electrons. The Bertz CT molecular complexity index is 679. The Kier molecular flexibility index (Phi) is 6.47. The minimum Gasteiger partial charge on any atom is -0.491 e. The number of likely N-dealkylation sites (N-methyl/N-ethyl adjacent to an activating group) is 1. The van der Waals surface area contributed by atoms with Crippen LogP contribution in [0.5, 0.6) is 5.75 Å². The van der Waals surface area contributed by atoms with Gasteiger partial charge in [-0.3, -0.25) is 0 Å². The minimum atomic E-state index is 0.206. The fraction of sp³-hybridized carbons (Fsp3) is 0.476. The van der Waals surface area contributed by atoms with Crippen LogP contribution in [-0.2, 0) is 13.1 Å². The SMILES string of the molecule is CC(C)Oc1ccc(CNCc2cccnc2N2CCN(C)CC2)cc1. The largest absolute Gasteiger partial charge is 0.491 e. The van der Waals surface area contributed by atoms with E-state index in [-0.39, 0.29) is 6.10 Å². The molecular formula is C21H30N4O. The maximum absolute atomic E-state index is 5.70. The molecule has 26 heavy (non-hydrogen) atoms. The molecule has 5 heteroatoms. The van der Waals surface area contributed by atoms with E-state index < -0.39 is 0 Å². The number of hydrogen-bond acceptors (Lipinski definition) is 5. The van der Waals surface area contributed by atoms with E-state index >= 15 is 0 Å². The first kappa shape index (κ1) is 18.7. The van der Waals surface area contributed by atoms with E-state index in [9.17, 15) is 0 Å². The molecule has 0 bridgehead atoms. The summed E-state index contributed by atoms with van der Waals surface area (Å²) in [5.74, 6) is 2.04. The average Bonchev–Trinajstić information content (AvgIpc) is 2.64. The molecule has 0 aliphatic carbocycles. The summed E-state index contributed by atoms with van der Waals surface area (Å²) in [6.45, 7) is 10.00. The monoisotopic (exact) mass is 354 g/mol. The third-order valence-electron chi connectivity index (χ3n) is 4.61. The van der Waals surface area contributed by atoms with Crippen molar-refractivity contribution in [3.8, 4) is 5.75 Å². The molecule has 5 nitrogen and oxygen atoms in total. The highest BCUT2D eigenvalue weighted by molar-refractivity contribution is 5.47. The molecule has 1 aliphatic heterocycles. The van der Waals surface area contributed by atoms with Crippen molar-refractivity contribution in [3.63, 3.8) is 0 Å². The first-order valence-corrected chi connectivity index (χ1v) is 9.45. The lowest BCUT2D eigenvalue weighted by atomic mass is 10.2. The second kappa shape index (κ2) is 9.01. The van der Waals surface area contributed by atoms with Gasteiger partial charge in [0.1, 0.15) is 11.6 Å². The number of ether oxygens (including phenoxy) is 1. The van der Waals surface area contributed by atoms with Gasteiger partial charge in [-0.05, 0) is 44.7 Å². The van der Waals surface area contributed by atoms with Crippen molar-refractivity contribution in [2.75, 3.05) is 38.1 Å². The molecule has 0 atom stereocenters. The normalized spacial score (nSPS) is 15.5. The molecule has 1 aromatic carbocycles. The Morgan fingerprint density at radius 2 is 1.77 bits per heavy atom. The number of nitrogens with zero attached hydrogens (tertiary/aromatic N) is 3. The lowest BCUT2D eigenvalue weighted by Gasteiger charge is -2.34. The van der Waals surface area contributed by atoms with Crippen LogP contribution >= 0.6 is 0 Å². The second-order valence-corrected chi connectivity index (χ2v) is 7.19. The first-order valence-electron chi connectivity index (χ1n) is 9.45. The summed E-state index contributed by atoms with van der Waals surface area (Å²) in [6.07, 6.45) is 2.10. The number of piperazine rings is 1. The third-order valence-corrected chi connectivity index (χ3v) is 4.61. The van der Waals surface area contributed by atoms with Crippen LogP contribution in [-0.4, -0.2) is 49.2 Å². The summed E-state index contributed by atoms with van der Waals surface area (Å²) in [7, 11) is 2.18. The molecule has 0 unspecified atom stereocenters. The zero-order chi connectivity index (χ0) is 18.4. The molecule has 1 saturated heterocycles. The summed E-state index contributed by atoms with van der Waals surface area (Å²) in [6, 6.07) is 12.5. The fourth-order valence-electron chi connectivity index (χ4n) is 3.17. The number of rotatable bonds is 7. The zero-order valence-corrected chi connectivity index (χ0v) is 16.1. The van der Waals surface area contributed by atoms with Crippen LogP contribution in [0.2, 0.25) is 0 Å². The van der Waals surface area contributed by atoms with Gasteiger partial charge in [0.15, 0.2) is 0 Å². The van der Waals surface area contributed by atoms with Gasteiger partial charge in [0, 0.05) is 51.0 Å². The van der Waals surface area contributed by atoms with Crippen LogP contribution in [0, 0.1) is 0 Å². The summed E-state index contributed by atoms with van der Waals surface area (Å²) in [5, 5.41) is 3.55. The van der Waals surface area contributed by atoms with Gasteiger partial charge in [0.25, 0.3) is 0 Å². The third kappa shape index (κ3) is 5.19. The van der Waals surface area contributed by atoms with Crippen molar-refractivity contribution in [1.82, 2.24) is 15.2 Å². The van der Waals surface area contributed by atoms with Gasteiger partial charge in [-0.15, -0.1) is 0 Å². The van der Waals surface area contributed by atoms with E-state index in [4.69, 9.17) is 4.74 Å². The van der Waals surface area contributed by atoms with E-state index in [0.717, 1.165) is 50.8 Å². The second-order valence-electron chi connectivity index (χ2n) is 7.19. The Balaban J connectivity index is 1.55. The molecule has 0 amide bonds. The number of nitrogens with one attached hydrogen (secondary N) is 1. The van der Waals surface area contributed by atoms with Crippen molar-refractivity contribution in [2.24, 2.45) is 0 Å². The molecule has 1 fully saturated rings. The van der Waals surface area contributed by atoms with Crippen molar-refractivity contribution >= 4 is 5.82 Å². The summed E-state index contributed by atoms with van der Waals surface area (Å²) < 4.78 is 5.70. The first-order chi connectivity index (χ1) is 12.6. The number of benzene rings is 1. The van der Waals surface area contributed by atoms with E-state index in [1.165, 1.54) is 11.1 Å². The van der Waals surface area contributed by atoms with Crippen LogP contribution < -0.4 is 15.0 Å². The molecule has 0 saturated carbocycles. The van der Waals surface area contributed by atoms with Gasteiger partial charge in [-0.1, -0.05) is 18.2 Å². The molecular weight excluding hydrogens is 324 g/mol. The molecule has 140 valence electrons. The Hall–Kier alpha value is -2.11.